The van der Waals surface area contributed by atoms with E-state index in [0.717, 1.165) is 38.5 Å². The summed E-state index contributed by atoms with van der Waals surface area (Å²) in [5, 5.41) is 8.47. The number of carbonyl (C=O) groups excluding carboxylic acids is 1. The van der Waals surface area contributed by atoms with Gasteiger partial charge in [0, 0.05) is 12.8 Å². The summed E-state index contributed by atoms with van der Waals surface area (Å²) in [4.78, 5) is 21.3. The van der Waals surface area contributed by atoms with E-state index in [4.69, 9.17) is 16.7 Å². The molecule has 0 aliphatic heterocycles. The van der Waals surface area contributed by atoms with Crippen LogP contribution in [-0.4, -0.2) is 23.1 Å². The molecule has 5 heteroatoms. The first kappa shape index (κ1) is 18.2. The van der Waals surface area contributed by atoms with Crippen molar-refractivity contribution in [2.45, 2.75) is 70.6 Å². The number of esters is 1. The van der Waals surface area contributed by atoms with Gasteiger partial charge in [0.05, 0.1) is 0 Å². The van der Waals surface area contributed by atoms with Crippen molar-refractivity contribution in [3.05, 3.63) is 0 Å². The fourth-order valence-electron chi connectivity index (χ4n) is 1.92. The van der Waals surface area contributed by atoms with Gasteiger partial charge in [-0.05, 0) is 12.8 Å². The molecule has 4 nitrogen and oxygen atoms in total. The Labute approximate surface area is 120 Å². The SMILES string of the molecule is O=C(O)CCCCCCCCCCCC(=O)OCCl. The van der Waals surface area contributed by atoms with Crippen molar-refractivity contribution in [2.75, 3.05) is 6.07 Å². The van der Waals surface area contributed by atoms with E-state index in [0.29, 0.717) is 12.8 Å². The molecule has 0 bridgehead atoms. The molecule has 0 aromatic heterocycles. The summed E-state index contributed by atoms with van der Waals surface area (Å²) < 4.78 is 4.63. The van der Waals surface area contributed by atoms with Gasteiger partial charge in [0.1, 0.15) is 0 Å². The first-order valence-corrected chi connectivity index (χ1v) is 7.63. The normalized spacial score (nSPS) is 10.4. The number of ether oxygens (including phenoxy) is 1. The number of hydrogen-bond donors (Lipinski definition) is 1. The van der Waals surface area contributed by atoms with Gasteiger partial charge < -0.3 is 9.84 Å². The predicted molar refractivity (Wildman–Crippen MR) is 75.2 cm³/mol. The summed E-state index contributed by atoms with van der Waals surface area (Å²) in [7, 11) is 0. The van der Waals surface area contributed by atoms with Crippen LogP contribution in [0.4, 0.5) is 0 Å². The maximum Gasteiger partial charge on any atom is 0.306 e. The summed E-state index contributed by atoms with van der Waals surface area (Å²) in [6, 6.07) is -0.0548. The third-order valence-electron chi connectivity index (χ3n) is 2.99. The van der Waals surface area contributed by atoms with E-state index in [-0.39, 0.29) is 12.0 Å². The molecule has 0 heterocycles. The molecular formula is C14H25ClO4. The highest BCUT2D eigenvalue weighted by atomic mass is 35.5. The van der Waals surface area contributed by atoms with Gasteiger partial charge in [0.15, 0.2) is 6.07 Å². The molecule has 0 saturated heterocycles. The number of unbranched alkanes of at least 4 members (excludes halogenated alkanes) is 8. The van der Waals surface area contributed by atoms with Crippen LogP contribution >= 0.6 is 11.6 Å². The zero-order chi connectivity index (χ0) is 14.3. The van der Waals surface area contributed by atoms with Gasteiger partial charge in [-0.3, -0.25) is 9.59 Å². The van der Waals surface area contributed by atoms with Crippen molar-refractivity contribution in [2.24, 2.45) is 0 Å². The lowest BCUT2D eigenvalue weighted by Crippen LogP contribution is -2.01. The van der Waals surface area contributed by atoms with Crippen LogP contribution in [0.2, 0.25) is 0 Å². The van der Waals surface area contributed by atoms with Crippen molar-refractivity contribution in [3.63, 3.8) is 0 Å². The molecule has 19 heavy (non-hydrogen) atoms. The van der Waals surface area contributed by atoms with Crippen LogP contribution in [0.1, 0.15) is 70.6 Å². The van der Waals surface area contributed by atoms with E-state index >= 15 is 0 Å². The van der Waals surface area contributed by atoms with E-state index in [1.807, 2.05) is 0 Å². The van der Waals surface area contributed by atoms with Gasteiger partial charge in [-0.15, -0.1) is 0 Å². The molecule has 0 aliphatic rings. The first-order chi connectivity index (χ1) is 9.16. The predicted octanol–water partition coefficient (Wildman–Crippen LogP) is 4.10. The molecule has 0 rings (SSSR count). The second-order valence-electron chi connectivity index (χ2n) is 4.70. The van der Waals surface area contributed by atoms with Crippen molar-refractivity contribution >= 4 is 23.5 Å². The summed E-state index contributed by atoms with van der Waals surface area (Å²) in [6.45, 7) is 0. The molecule has 0 radical (unpaired) electrons. The van der Waals surface area contributed by atoms with Crippen LogP contribution in [0.25, 0.3) is 0 Å². The molecule has 0 amide bonds. The van der Waals surface area contributed by atoms with Gasteiger partial charge in [-0.25, -0.2) is 0 Å². The number of carboxylic acids is 1. The monoisotopic (exact) mass is 292 g/mol. The molecule has 112 valence electrons. The van der Waals surface area contributed by atoms with E-state index in [1.165, 1.54) is 19.3 Å². The third-order valence-corrected chi connectivity index (χ3v) is 3.10. The zero-order valence-electron chi connectivity index (χ0n) is 11.5. The highest BCUT2D eigenvalue weighted by molar-refractivity contribution is 6.17. The van der Waals surface area contributed by atoms with Crippen LogP contribution in [0, 0.1) is 0 Å². The molecule has 1 N–H and O–H groups in total. The average molecular weight is 293 g/mol. The highest BCUT2D eigenvalue weighted by Crippen LogP contribution is 2.11. The summed E-state index contributed by atoms with van der Waals surface area (Å²) in [5.74, 6) is -0.916. The molecule has 0 aromatic carbocycles. The smallest absolute Gasteiger partial charge is 0.306 e. The molecule has 0 spiro atoms. The Balaban J connectivity index is 3.06. The number of carboxylic acid groups (broad SMARTS) is 1. The maximum atomic E-state index is 11.0. The number of hydrogen-bond acceptors (Lipinski definition) is 3. The second kappa shape index (κ2) is 13.7. The van der Waals surface area contributed by atoms with Crippen LogP contribution in [-0.2, 0) is 14.3 Å². The van der Waals surface area contributed by atoms with Crippen molar-refractivity contribution in [1.29, 1.82) is 0 Å². The number of alkyl halides is 1. The van der Waals surface area contributed by atoms with Crippen molar-refractivity contribution in [3.8, 4) is 0 Å². The Morgan fingerprint density at radius 1 is 0.789 bits per heavy atom. The first-order valence-electron chi connectivity index (χ1n) is 7.10. The minimum atomic E-state index is -0.701. The van der Waals surface area contributed by atoms with Crippen molar-refractivity contribution < 1.29 is 19.4 Å². The second-order valence-corrected chi connectivity index (χ2v) is 4.92. The number of halogens is 1. The topological polar surface area (TPSA) is 63.6 Å². The highest BCUT2D eigenvalue weighted by Gasteiger charge is 2.01. The fraction of sp³-hybridized carbons (Fsp3) is 0.857. The van der Waals surface area contributed by atoms with Crippen LogP contribution < -0.4 is 0 Å². The van der Waals surface area contributed by atoms with Crippen LogP contribution in [0.3, 0.4) is 0 Å². The van der Waals surface area contributed by atoms with E-state index in [1.54, 1.807) is 0 Å². The Morgan fingerprint density at radius 2 is 1.21 bits per heavy atom. The molecule has 0 fully saturated rings. The molecular weight excluding hydrogens is 268 g/mol. The average Bonchev–Trinajstić information content (AvgIpc) is 2.36. The molecule has 0 saturated carbocycles. The quantitative estimate of drug-likeness (QED) is 0.315. The summed E-state index contributed by atoms with van der Waals surface area (Å²) in [5.41, 5.74) is 0. The van der Waals surface area contributed by atoms with Crippen LogP contribution in [0.15, 0.2) is 0 Å². The molecule has 0 aliphatic carbocycles. The lowest BCUT2D eigenvalue weighted by molar-refractivity contribution is -0.141. The Bertz CT molecular complexity index is 244. The van der Waals surface area contributed by atoms with E-state index < -0.39 is 5.97 Å². The molecule has 0 atom stereocenters. The number of aliphatic carboxylic acids is 1. The molecule has 0 aromatic rings. The standard InChI is InChI=1S/C14H25ClO4/c15-12-19-14(18)11-9-7-5-3-1-2-4-6-8-10-13(16)17/h1-12H2,(H,16,17). The lowest BCUT2D eigenvalue weighted by atomic mass is 10.1. The summed E-state index contributed by atoms with van der Waals surface area (Å²) >= 11 is 5.27. The lowest BCUT2D eigenvalue weighted by Gasteiger charge is -2.02. The summed E-state index contributed by atoms with van der Waals surface area (Å²) in [6.07, 6.45) is 10.3. The van der Waals surface area contributed by atoms with Gasteiger partial charge >= 0.3 is 11.9 Å². The largest absolute Gasteiger partial charge is 0.481 e. The molecule has 0 unspecified atom stereocenters. The zero-order valence-corrected chi connectivity index (χ0v) is 12.3. The number of carbonyl (C=O) groups is 2. The van der Waals surface area contributed by atoms with E-state index in [9.17, 15) is 9.59 Å². The Hall–Kier alpha value is -0.770. The van der Waals surface area contributed by atoms with Gasteiger partial charge in [-0.1, -0.05) is 56.5 Å². The third kappa shape index (κ3) is 15.2. The maximum absolute atomic E-state index is 11.0. The van der Waals surface area contributed by atoms with Gasteiger partial charge in [0.2, 0.25) is 0 Å². The Kier molecular flexibility index (Phi) is 13.1. The van der Waals surface area contributed by atoms with Gasteiger partial charge in [0.25, 0.3) is 0 Å². The van der Waals surface area contributed by atoms with Crippen molar-refractivity contribution in [1.82, 2.24) is 0 Å². The fourth-order valence-corrected chi connectivity index (χ4v) is 2.04. The minimum absolute atomic E-state index is 0.0548. The van der Waals surface area contributed by atoms with Gasteiger partial charge in [-0.2, -0.15) is 0 Å². The Morgan fingerprint density at radius 3 is 1.63 bits per heavy atom. The van der Waals surface area contributed by atoms with E-state index in [2.05, 4.69) is 4.74 Å². The van der Waals surface area contributed by atoms with Crippen LogP contribution in [0.5, 0.6) is 0 Å². The minimum Gasteiger partial charge on any atom is -0.481 e. The number of rotatable bonds is 13.